The maximum Gasteiger partial charge on any atom is 0.146 e. The number of aliphatic imine (C=N–C) groups is 1. The van der Waals surface area contributed by atoms with Gasteiger partial charge in [-0.1, -0.05) is 31.2 Å². The van der Waals surface area contributed by atoms with Crippen molar-refractivity contribution in [2.24, 2.45) is 4.99 Å². The van der Waals surface area contributed by atoms with Gasteiger partial charge < -0.3 is 24.8 Å². The van der Waals surface area contributed by atoms with Gasteiger partial charge in [-0.3, -0.25) is 4.99 Å². The fourth-order valence-electron chi connectivity index (χ4n) is 4.98. The molecule has 0 bridgehead atoms. The molecule has 6 heteroatoms. The van der Waals surface area contributed by atoms with Crippen LogP contribution in [0.3, 0.4) is 0 Å². The smallest absolute Gasteiger partial charge is 0.146 e. The van der Waals surface area contributed by atoms with Gasteiger partial charge in [-0.2, -0.15) is 0 Å². The Labute approximate surface area is 182 Å². The number of aryl methyl sites for hydroxylation is 1. The normalized spacial score (nSPS) is 23.0. The van der Waals surface area contributed by atoms with Crippen LogP contribution in [0.25, 0.3) is 10.9 Å². The number of hydrogen-bond donors (Lipinski definition) is 2. The minimum atomic E-state index is -0.108. The Hall–Kier alpha value is -3.25. The van der Waals surface area contributed by atoms with E-state index in [-0.39, 0.29) is 6.17 Å². The van der Waals surface area contributed by atoms with E-state index in [4.69, 9.17) is 9.73 Å². The molecule has 158 valence electrons. The number of fused-ring (bicyclic) bond motifs is 3. The summed E-state index contributed by atoms with van der Waals surface area (Å²) in [5.41, 5.74) is 6.04. The highest BCUT2D eigenvalue weighted by Crippen LogP contribution is 2.35. The van der Waals surface area contributed by atoms with Crippen molar-refractivity contribution in [2.75, 3.05) is 31.2 Å². The lowest BCUT2D eigenvalue weighted by atomic mass is 10.0. The standard InChI is InChI=1S/C25H27N5O/c1-2-17-5-3-6-18(13-17)30-15-19-16-31-12-11-29(19)25-23(30)14-27-24(28-25)21-7-4-8-22-20(21)9-10-26-22/h3-10,13-14,19,24,26,28H,2,11-12,15-16H2,1H3/t19?,24-/m0/s1. The molecule has 6 rings (SSSR count). The molecule has 31 heavy (non-hydrogen) atoms. The molecular weight excluding hydrogens is 386 g/mol. The molecule has 2 atom stereocenters. The van der Waals surface area contributed by atoms with E-state index in [0.29, 0.717) is 6.04 Å². The Balaban J connectivity index is 1.41. The van der Waals surface area contributed by atoms with Crippen molar-refractivity contribution in [3.8, 4) is 0 Å². The molecule has 0 spiro atoms. The second-order valence-corrected chi connectivity index (χ2v) is 8.40. The molecule has 0 aliphatic carbocycles. The highest BCUT2D eigenvalue weighted by atomic mass is 16.5. The summed E-state index contributed by atoms with van der Waals surface area (Å²) in [5, 5.41) is 4.99. The number of morpholine rings is 1. The van der Waals surface area contributed by atoms with Gasteiger partial charge in [0.1, 0.15) is 17.7 Å². The summed E-state index contributed by atoms with van der Waals surface area (Å²) in [6.45, 7) is 5.51. The summed E-state index contributed by atoms with van der Waals surface area (Å²) in [6.07, 6.45) is 4.98. The second kappa shape index (κ2) is 7.46. The molecule has 2 aromatic carbocycles. The van der Waals surface area contributed by atoms with Crippen LogP contribution in [-0.4, -0.2) is 48.4 Å². The lowest BCUT2D eigenvalue weighted by molar-refractivity contribution is 0.00411. The van der Waals surface area contributed by atoms with Crippen LogP contribution in [0, 0.1) is 0 Å². The molecule has 3 aromatic rings. The number of nitrogens with one attached hydrogen (secondary N) is 2. The Morgan fingerprint density at radius 3 is 3.03 bits per heavy atom. The van der Waals surface area contributed by atoms with Crippen molar-refractivity contribution in [2.45, 2.75) is 25.6 Å². The zero-order valence-corrected chi connectivity index (χ0v) is 17.7. The molecule has 3 aliphatic rings. The number of benzene rings is 2. The molecule has 1 saturated heterocycles. The Morgan fingerprint density at radius 1 is 1.16 bits per heavy atom. The van der Waals surface area contributed by atoms with Crippen molar-refractivity contribution in [1.82, 2.24) is 15.2 Å². The SMILES string of the molecule is CCc1cccc(N2CC3COCCN3C3=C2C=N[C@H](c2cccc4[nH]ccc24)N3)c1. The van der Waals surface area contributed by atoms with Crippen molar-refractivity contribution < 1.29 is 4.74 Å². The molecule has 6 nitrogen and oxygen atoms in total. The number of allylic oxidation sites excluding steroid dienone is 1. The van der Waals surface area contributed by atoms with Crippen LogP contribution in [0.4, 0.5) is 5.69 Å². The minimum Gasteiger partial charge on any atom is -0.377 e. The first-order chi connectivity index (χ1) is 15.3. The summed E-state index contributed by atoms with van der Waals surface area (Å²) >= 11 is 0. The zero-order valence-electron chi connectivity index (χ0n) is 17.7. The van der Waals surface area contributed by atoms with E-state index in [1.165, 1.54) is 22.2 Å². The fraction of sp³-hybridized carbons (Fsp3) is 0.320. The second-order valence-electron chi connectivity index (χ2n) is 8.40. The maximum absolute atomic E-state index is 5.85. The van der Waals surface area contributed by atoms with Crippen LogP contribution in [0.2, 0.25) is 0 Å². The van der Waals surface area contributed by atoms with Gasteiger partial charge in [-0.25, -0.2) is 0 Å². The van der Waals surface area contributed by atoms with E-state index in [1.807, 2.05) is 6.20 Å². The first-order valence-corrected chi connectivity index (χ1v) is 11.1. The Morgan fingerprint density at radius 2 is 2.10 bits per heavy atom. The van der Waals surface area contributed by atoms with Crippen LogP contribution in [0.5, 0.6) is 0 Å². The largest absolute Gasteiger partial charge is 0.377 e. The number of anilines is 1. The summed E-state index contributed by atoms with van der Waals surface area (Å²) in [7, 11) is 0. The molecule has 2 N–H and O–H groups in total. The van der Waals surface area contributed by atoms with Gasteiger partial charge in [-0.15, -0.1) is 0 Å². The predicted molar refractivity (Wildman–Crippen MR) is 124 cm³/mol. The zero-order chi connectivity index (χ0) is 20.8. The van der Waals surface area contributed by atoms with Gasteiger partial charge >= 0.3 is 0 Å². The van der Waals surface area contributed by atoms with Crippen LogP contribution >= 0.6 is 0 Å². The maximum atomic E-state index is 5.85. The molecule has 1 unspecified atom stereocenters. The highest BCUT2D eigenvalue weighted by Gasteiger charge is 2.37. The number of aromatic nitrogens is 1. The fourth-order valence-corrected chi connectivity index (χ4v) is 4.98. The van der Waals surface area contributed by atoms with Crippen LogP contribution in [0.1, 0.15) is 24.2 Å². The van der Waals surface area contributed by atoms with Crippen molar-refractivity contribution >= 4 is 22.8 Å². The first-order valence-electron chi connectivity index (χ1n) is 11.1. The summed E-state index contributed by atoms with van der Waals surface area (Å²) in [5.74, 6) is 1.16. The van der Waals surface area contributed by atoms with E-state index >= 15 is 0 Å². The number of aromatic amines is 1. The van der Waals surface area contributed by atoms with Crippen LogP contribution in [0.15, 0.2) is 71.2 Å². The van der Waals surface area contributed by atoms with E-state index < -0.39 is 0 Å². The third-order valence-corrected chi connectivity index (χ3v) is 6.61. The van der Waals surface area contributed by atoms with Gasteiger partial charge in [0.2, 0.25) is 0 Å². The first kappa shape index (κ1) is 18.5. The molecule has 0 radical (unpaired) electrons. The average Bonchev–Trinajstić information content (AvgIpc) is 3.32. The lowest BCUT2D eigenvalue weighted by Gasteiger charge is -2.48. The average molecular weight is 414 g/mol. The molecule has 0 amide bonds. The number of H-pyrrole nitrogens is 1. The number of rotatable bonds is 3. The van der Waals surface area contributed by atoms with Crippen molar-refractivity contribution in [3.63, 3.8) is 0 Å². The van der Waals surface area contributed by atoms with Crippen LogP contribution in [-0.2, 0) is 11.2 Å². The van der Waals surface area contributed by atoms with E-state index in [0.717, 1.165) is 49.8 Å². The topological polar surface area (TPSA) is 55.9 Å². The summed E-state index contributed by atoms with van der Waals surface area (Å²) < 4.78 is 5.85. The van der Waals surface area contributed by atoms with Crippen molar-refractivity contribution in [3.05, 3.63) is 77.4 Å². The van der Waals surface area contributed by atoms with Gasteiger partial charge in [0, 0.05) is 41.4 Å². The van der Waals surface area contributed by atoms with Gasteiger partial charge in [0.25, 0.3) is 0 Å². The monoisotopic (exact) mass is 413 g/mol. The highest BCUT2D eigenvalue weighted by molar-refractivity contribution is 5.88. The summed E-state index contributed by atoms with van der Waals surface area (Å²) in [4.78, 5) is 13.2. The Kier molecular flexibility index (Phi) is 4.46. The molecule has 3 aliphatic heterocycles. The van der Waals surface area contributed by atoms with Gasteiger partial charge in [0.05, 0.1) is 25.5 Å². The molecule has 1 aromatic heterocycles. The van der Waals surface area contributed by atoms with Crippen LogP contribution < -0.4 is 10.2 Å². The summed E-state index contributed by atoms with van der Waals surface area (Å²) in [6, 6.07) is 17.7. The molecule has 1 fully saturated rings. The lowest BCUT2D eigenvalue weighted by Crippen LogP contribution is -2.58. The Bertz CT molecular complexity index is 1180. The number of hydrogen-bond acceptors (Lipinski definition) is 5. The van der Waals surface area contributed by atoms with E-state index in [2.05, 4.69) is 81.8 Å². The number of nitrogens with zero attached hydrogens (tertiary/aromatic N) is 3. The minimum absolute atomic E-state index is 0.108. The van der Waals surface area contributed by atoms with E-state index in [1.54, 1.807) is 0 Å². The third kappa shape index (κ3) is 3.10. The quantitative estimate of drug-likeness (QED) is 0.686. The van der Waals surface area contributed by atoms with Crippen molar-refractivity contribution in [1.29, 1.82) is 0 Å². The molecule has 4 heterocycles. The predicted octanol–water partition coefficient (Wildman–Crippen LogP) is 3.79. The molecule has 0 saturated carbocycles. The number of ether oxygens (including phenoxy) is 1. The van der Waals surface area contributed by atoms with E-state index in [9.17, 15) is 0 Å². The van der Waals surface area contributed by atoms with Gasteiger partial charge in [0.15, 0.2) is 0 Å². The van der Waals surface area contributed by atoms with Gasteiger partial charge in [-0.05, 0) is 36.2 Å². The molecular formula is C25H27N5O. The third-order valence-electron chi connectivity index (χ3n) is 6.61.